The van der Waals surface area contributed by atoms with Crippen LogP contribution in [0.15, 0.2) is 30.3 Å². The van der Waals surface area contributed by atoms with Gasteiger partial charge < -0.3 is 37.4 Å². The Morgan fingerprint density at radius 1 is 0.872 bits per heavy atom. The number of hydrogen-bond donors (Lipinski definition) is 7. The quantitative estimate of drug-likeness (QED) is 0.134. The minimum Gasteiger partial charge on any atom is -0.480 e. The minimum atomic E-state index is -1.02. The van der Waals surface area contributed by atoms with Crippen LogP contribution in [0.4, 0.5) is 0 Å². The fourth-order valence-electron chi connectivity index (χ4n) is 4.37. The standard InChI is InChI=1S/C21H31N3O5.C6H14N2O2/c22-13-5-4-9-16(19(25)24-14-6-10-18(24)21(28)29)23-17(20(26)27)12-11-15-7-2-1-3-8-15;7-4-2-1-3-5(8)6(9)10/h1-3,7-8,16-18,23H,4-6,9-14,22H2,(H,26,27)(H,28,29);5H,1-4,7-8H2,(H,9,10)/t16-,17-,18-;5-/m00/s1. The molecule has 0 bridgehead atoms. The van der Waals surface area contributed by atoms with Crippen LogP contribution >= 0.6 is 0 Å². The smallest absolute Gasteiger partial charge is 0.326 e. The average molecular weight is 552 g/mol. The van der Waals surface area contributed by atoms with E-state index >= 15 is 0 Å². The van der Waals surface area contributed by atoms with Crippen LogP contribution in [0.25, 0.3) is 0 Å². The molecule has 1 aromatic carbocycles. The Bertz CT molecular complexity index is 887. The predicted octanol–water partition coefficient (Wildman–Crippen LogP) is 0.763. The van der Waals surface area contributed by atoms with Gasteiger partial charge in [-0.1, -0.05) is 43.2 Å². The van der Waals surface area contributed by atoms with Gasteiger partial charge >= 0.3 is 17.9 Å². The largest absolute Gasteiger partial charge is 0.480 e. The lowest BCUT2D eigenvalue weighted by atomic mass is 10.0. The first-order valence-electron chi connectivity index (χ1n) is 13.6. The molecule has 4 atom stereocenters. The van der Waals surface area contributed by atoms with Crippen molar-refractivity contribution in [1.29, 1.82) is 0 Å². The van der Waals surface area contributed by atoms with Crippen LogP contribution in [0.3, 0.4) is 0 Å². The van der Waals surface area contributed by atoms with Gasteiger partial charge in [0.15, 0.2) is 0 Å². The van der Waals surface area contributed by atoms with Gasteiger partial charge in [0.25, 0.3) is 0 Å². The number of aryl methyl sites for hydroxylation is 1. The van der Waals surface area contributed by atoms with Crippen molar-refractivity contribution >= 4 is 23.8 Å². The molecule has 2 rings (SSSR count). The molecule has 0 saturated carbocycles. The zero-order valence-corrected chi connectivity index (χ0v) is 22.5. The topological polar surface area (TPSA) is 222 Å². The number of nitrogens with zero attached hydrogens (tertiary/aromatic N) is 1. The molecule has 0 unspecified atom stereocenters. The lowest BCUT2D eigenvalue weighted by Gasteiger charge is -2.29. The number of carbonyl (C=O) groups excluding carboxylic acids is 1. The summed E-state index contributed by atoms with van der Waals surface area (Å²) in [6.07, 6.45) is 5.93. The summed E-state index contributed by atoms with van der Waals surface area (Å²) in [7, 11) is 0. The Hall–Kier alpha value is -3.06. The number of carboxylic acid groups (broad SMARTS) is 3. The maximum Gasteiger partial charge on any atom is 0.326 e. The van der Waals surface area contributed by atoms with E-state index in [1.54, 1.807) is 0 Å². The summed E-state index contributed by atoms with van der Waals surface area (Å²) in [5, 5.41) is 30.4. The molecule has 1 saturated heterocycles. The fraction of sp³-hybridized carbons (Fsp3) is 0.630. The highest BCUT2D eigenvalue weighted by Crippen LogP contribution is 2.20. The van der Waals surface area contributed by atoms with Gasteiger partial charge in [-0.2, -0.15) is 0 Å². The molecule has 10 N–H and O–H groups in total. The first kappa shape index (κ1) is 34.0. The maximum atomic E-state index is 13.1. The van der Waals surface area contributed by atoms with Gasteiger partial charge in [-0.3, -0.25) is 19.7 Å². The SMILES string of the molecule is NCCCC[C@H](N)C(=O)O.NCCCC[C@H](N[C@@H](CCc1ccccc1)C(=O)O)C(=O)N1CCC[C@H]1C(=O)O. The zero-order chi connectivity index (χ0) is 29.2. The summed E-state index contributed by atoms with van der Waals surface area (Å²) in [5.74, 6) is -3.31. The summed E-state index contributed by atoms with van der Waals surface area (Å²) in [6.45, 7) is 1.47. The monoisotopic (exact) mass is 551 g/mol. The van der Waals surface area contributed by atoms with Gasteiger partial charge in [-0.05, 0) is 70.0 Å². The van der Waals surface area contributed by atoms with Crippen LogP contribution in [-0.4, -0.2) is 87.8 Å². The molecule has 0 radical (unpaired) electrons. The van der Waals surface area contributed by atoms with Gasteiger partial charge in [0, 0.05) is 6.54 Å². The highest BCUT2D eigenvalue weighted by atomic mass is 16.4. The second-order valence-corrected chi connectivity index (χ2v) is 9.68. The van der Waals surface area contributed by atoms with Crippen molar-refractivity contribution in [3.63, 3.8) is 0 Å². The second kappa shape index (κ2) is 19.1. The summed E-state index contributed by atoms with van der Waals surface area (Å²) in [5.41, 5.74) is 17.0. The van der Waals surface area contributed by atoms with Crippen LogP contribution in [0.2, 0.25) is 0 Å². The number of aliphatic carboxylic acids is 3. The minimum absolute atomic E-state index is 0.335. The number of hydrogen-bond acceptors (Lipinski definition) is 8. The molecule has 1 heterocycles. The van der Waals surface area contributed by atoms with E-state index in [-0.39, 0.29) is 5.91 Å². The Morgan fingerprint density at radius 3 is 2.03 bits per heavy atom. The normalized spacial score (nSPS) is 17.0. The molecule has 1 aliphatic rings. The number of benzene rings is 1. The summed E-state index contributed by atoms with van der Waals surface area (Å²) >= 11 is 0. The van der Waals surface area contributed by atoms with Crippen LogP contribution in [0, 0.1) is 0 Å². The third kappa shape index (κ3) is 13.0. The highest BCUT2D eigenvalue weighted by molar-refractivity contribution is 5.88. The third-order valence-corrected chi connectivity index (χ3v) is 6.62. The van der Waals surface area contributed by atoms with Crippen LogP contribution < -0.4 is 22.5 Å². The number of amides is 1. The summed E-state index contributed by atoms with van der Waals surface area (Å²) in [4.78, 5) is 47.8. The van der Waals surface area contributed by atoms with Gasteiger partial charge in [0.2, 0.25) is 5.91 Å². The van der Waals surface area contributed by atoms with Crippen molar-refractivity contribution in [1.82, 2.24) is 10.2 Å². The molecule has 1 amide bonds. The van der Waals surface area contributed by atoms with E-state index in [0.717, 1.165) is 24.8 Å². The van der Waals surface area contributed by atoms with E-state index in [4.69, 9.17) is 22.3 Å². The first-order chi connectivity index (χ1) is 18.6. The Morgan fingerprint density at radius 2 is 1.49 bits per heavy atom. The number of carboxylic acids is 3. The van der Waals surface area contributed by atoms with E-state index in [1.165, 1.54) is 4.90 Å². The molecule has 1 aliphatic heterocycles. The number of unbranched alkanes of at least 4 members (excludes halogenated alkanes) is 2. The maximum absolute atomic E-state index is 13.1. The molecule has 1 fully saturated rings. The lowest BCUT2D eigenvalue weighted by molar-refractivity contribution is -0.149. The van der Waals surface area contributed by atoms with E-state index in [2.05, 4.69) is 5.32 Å². The molecule has 12 nitrogen and oxygen atoms in total. The molecule has 0 aromatic heterocycles. The lowest BCUT2D eigenvalue weighted by Crippen LogP contribution is -2.54. The molecule has 0 spiro atoms. The first-order valence-corrected chi connectivity index (χ1v) is 13.6. The van der Waals surface area contributed by atoms with Crippen LogP contribution in [0.5, 0.6) is 0 Å². The van der Waals surface area contributed by atoms with Gasteiger partial charge in [-0.15, -0.1) is 0 Å². The Labute approximate surface area is 229 Å². The molecule has 39 heavy (non-hydrogen) atoms. The van der Waals surface area contributed by atoms with E-state index in [9.17, 15) is 29.4 Å². The number of carbonyl (C=O) groups is 4. The van der Waals surface area contributed by atoms with E-state index in [0.29, 0.717) is 64.6 Å². The average Bonchev–Trinajstić information content (AvgIpc) is 3.41. The number of nitrogens with one attached hydrogen (secondary N) is 1. The van der Waals surface area contributed by atoms with Crippen molar-refractivity contribution in [3.8, 4) is 0 Å². The Balaban J connectivity index is 0.000000646. The van der Waals surface area contributed by atoms with Crippen LogP contribution in [-0.2, 0) is 25.6 Å². The highest BCUT2D eigenvalue weighted by Gasteiger charge is 2.38. The number of rotatable bonds is 17. The summed E-state index contributed by atoms with van der Waals surface area (Å²) in [6, 6.07) is 6.38. The third-order valence-electron chi connectivity index (χ3n) is 6.62. The van der Waals surface area contributed by atoms with Crippen molar-refractivity contribution in [2.75, 3.05) is 19.6 Å². The van der Waals surface area contributed by atoms with E-state index < -0.39 is 42.1 Å². The molecule has 220 valence electrons. The van der Waals surface area contributed by atoms with Crippen molar-refractivity contribution in [2.24, 2.45) is 17.2 Å². The molecular formula is C27H45N5O7. The van der Waals surface area contributed by atoms with Crippen molar-refractivity contribution < 1.29 is 34.5 Å². The second-order valence-electron chi connectivity index (χ2n) is 9.68. The van der Waals surface area contributed by atoms with E-state index in [1.807, 2.05) is 30.3 Å². The van der Waals surface area contributed by atoms with Gasteiger partial charge in [0.1, 0.15) is 18.1 Å². The Kier molecular flexibility index (Phi) is 16.6. The fourth-order valence-corrected chi connectivity index (χ4v) is 4.37. The van der Waals surface area contributed by atoms with Gasteiger partial charge in [-0.25, -0.2) is 4.79 Å². The zero-order valence-electron chi connectivity index (χ0n) is 22.5. The molecule has 12 heteroatoms. The molecule has 0 aliphatic carbocycles. The number of likely N-dealkylation sites (tertiary alicyclic amines) is 1. The number of nitrogens with two attached hydrogens (primary N) is 3. The predicted molar refractivity (Wildman–Crippen MR) is 147 cm³/mol. The molecule has 1 aromatic rings. The van der Waals surface area contributed by atoms with Gasteiger partial charge in [0.05, 0.1) is 6.04 Å². The summed E-state index contributed by atoms with van der Waals surface area (Å²) < 4.78 is 0. The molecular weight excluding hydrogens is 506 g/mol. The van der Waals surface area contributed by atoms with Crippen molar-refractivity contribution in [3.05, 3.63) is 35.9 Å². The van der Waals surface area contributed by atoms with Crippen molar-refractivity contribution in [2.45, 2.75) is 88.4 Å². The van der Waals surface area contributed by atoms with Crippen LogP contribution in [0.1, 0.15) is 63.4 Å².